The Balaban J connectivity index is 2.00. The van der Waals surface area contributed by atoms with Gasteiger partial charge in [0.15, 0.2) is 0 Å². The Hall–Kier alpha value is -1.30. The van der Waals surface area contributed by atoms with Crippen molar-refractivity contribution >= 4 is 12.0 Å². The molecule has 0 radical (unpaired) electrons. The van der Waals surface area contributed by atoms with Crippen molar-refractivity contribution in [2.24, 2.45) is 0 Å². The van der Waals surface area contributed by atoms with Gasteiger partial charge in [-0.05, 0) is 25.7 Å². The Morgan fingerprint density at radius 2 is 1.60 bits per heavy atom. The molecule has 0 unspecified atom stereocenters. The minimum atomic E-state index is -1.11. The predicted molar refractivity (Wildman–Crippen MR) is 73.4 cm³/mol. The molecular weight excluding hydrogens is 260 g/mol. The number of nitrogens with zero attached hydrogens (tertiary/aromatic N) is 1. The number of likely N-dealkylation sites (tertiary alicyclic amines) is 1. The van der Waals surface area contributed by atoms with Crippen molar-refractivity contribution in [1.82, 2.24) is 10.2 Å². The Morgan fingerprint density at radius 3 is 2.10 bits per heavy atom. The summed E-state index contributed by atoms with van der Waals surface area (Å²) >= 11 is 0. The molecule has 2 rings (SSSR count). The molecule has 1 aliphatic carbocycles. The van der Waals surface area contributed by atoms with Crippen LogP contribution in [0.15, 0.2) is 0 Å². The van der Waals surface area contributed by atoms with Crippen LogP contribution in [0.3, 0.4) is 0 Å². The molecule has 0 aromatic rings. The van der Waals surface area contributed by atoms with E-state index in [1.807, 2.05) is 0 Å². The van der Waals surface area contributed by atoms with Crippen LogP contribution in [0.4, 0.5) is 4.79 Å². The van der Waals surface area contributed by atoms with Gasteiger partial charge in [-0.3, -0.25) is 0 Å². The lowest BCUT2D eigenvalue weighted by atomic mass is 9.90. The first kappa shape index (κ1) is 15.1. The topological polar surface area (TPSA) is 89.9 Å². The molecular formula is C14H24N2O4. The Bertz CT molecular complexity index is 356. The van der Waals surface area contributed by atoms with Crippen molar-refractivity contribution < 1.29 is 19.8 Å². The SMILES string of the molecule is O=C(NC1(C(=O)O)CCCCCC1)N1CCC(O)CC1. The van der Waals surface area contributed by atoms with Crippen LogP contribution in [0.1, 0.15) is 51.4 Å². The normalized spacial score (nSPS) is 23.9. The number of rotatable bonds is 2. The van der Waals surface area contributed by atoms with E-state index >= 15 is 0 Å². The van der Waals surface area contributed by atoms with Crippen LogP contribution in [-0.2, 0) is 4.79 Å². The van der Waals surface area contributed by atoms with Crippen molar-refractivity contribution in [1.29, 1.82) is 0 Å². The summed E-state index contributed by atoms with van der Waals surface area (Å²) in [5, 5.41) is 21.7. The zero-order valence-electron chi connectivity index (χ0n) is 11.8. The third-order valence-corrected chi connectivity index (χ3v) is 4.46. The highest BCUT2D eigenvalue weighted by atomic mass is 16.4. The van der Waals surface area contributed by atoms with Crippen molar-refractivity contribution in [3.05, 3.63) is 0 Å². The summed E-state index contributed by atoms with van der Waals surface area (Å²) in [7, 11) is 0. The molecule has 6 nitrogen and oxygen atoms in total. The van der Waals surface area contributed by atoms with Crippen molar-refractivity contribution in [2.75, 3.05) is 13.1 Å². The third kappa shape index (κ3) is 3.42. The smallest absolute Gasteiger partial charge is 0.329 e. The molecule has 2 fully saturated rings. The van der Waals surface area contributed by atoms with E-state index < -0.39 is 11.5 Å². The van der Waals surface area contributed by atoms with Crippen molar-refractivity contribution in [3.63, 3.8) is 0 Å². The van der Waals surface area contributed by atoms with E-state index in [0.29, 0.717) is 38.8 Å². The van der Waals surface area contributed by atoms with Gasteiger partial charge in [-0.2, -0.15) is 0 Å². The van der Waals surface area contributed by atoms with Gasteiger partial charge in [0, 0.05) is 13.1 Å². The number of aliphatic hydroxyl groups is 1. The maximum atomic E-state index is 12.3. The van der Waals surface area contributed by atoms with Gasteiger partial charge in [0.2, 0.25) is 0 Å². The second kappa shape index (κ2) is 6.43. The average molecular weight is 284 g/mol. The van der Waals surface area contributed by atoms with Gasteiger partial charge in [-0.25, -0.2) is 9.59 Å². The molecule has 0 spiro atoms. The van der Waals surface area contributed by atoms with Gasteiger partial charge in [0.1, 0.15) is 5.54 Å². The second-order valence-electron chi connectivity index (χ2n) is 5.95. The maximum Gasteiger partial charge on any atom is 0.329 e. The zero-order chi connectivity index (χ0) is 14.6. The lowest BCUT2D eigenvalue weighted by Crippen LogP contribution is -2.58. The van der Waals surface area contributed by atoms with E-state index in [0.717, 1.165) is 25.7 Å². The number of carboxylic acid groups (broad SMARTS) is 1. The number of hydrogen-bond donors (Lipinski definition) is 3. The standard InChI is InChI=1S/C14H24N2O4/c17-11-5-9-16(10-6-11)13(20)15-14(12(18)19)7-3-1-2-4-8-14/h11,17H,1-10H2,(H,15,20)(H,18,19). The molecule has 3 N–H and O–H groups in total. The molecule has 0 atom stereocenters. The summed E-state index contributed by atoms with van der Waals surface area (Å²) in [6, 6.07) is -0.304. The highest BCUT2D eigenvalue weighted by Crippen LogP contribution is 2.28. The minimum absolute atomic E-state index is 0.304. The van der Waals surface area contributed by atoms with Gasteiger partial charge in [-0.15, -0.1) is 0 Å². The van der Waals surface area contributed by atoms with Gasteiger partial charge < -0.3 is 20.4 Å². The van der Waals surface area contributed by atoms with Crippen LogP contribution in [0, 0.1) is 0 Å². The van der Waals surface area contributed by atoms with Crippen LogP contribution < -0.4 is 5.32 Å². The number of carbonyl (C=O) groups excluding carboxylic acids is 1. The first-order chi connectivity index (χ1) is 9.53. The average Bonchev–Trinajstić information content (AvgIpc) is 2.66. The van der Waals surface area contributed by atoms with Crippen LogP contribution in [0.25, 0.3) is 0 Å². The Labute approximate surface area is 119 Å². The van der Waals surface area contributed by atoms with Crippen molar-refractivity contribution in [2.45, 2.75) is 63.0 Å². The van der Waals surface area contributed by atoms with Gasteiger partial charge >= 0.3 is 12.0 Å². The second-order valence-corrected chi connectivity index (χ2v) is 5.95. The van der Waals surface area contributed by atoms with Crippen LogP contribution in [-0.4, -0.2) is 51.8 Å². The molecule has 0 bridgehead atoms. The van der Waals surface area contributed by atoms with E-state index in [-0.39, 0.29) is 12.1 Å². The first-order valence-electron chi connectivity index (χ1n) is 7.52. The fourth-order valence-electron chi connectivity index (χ4n) is 3.08. The summed E-state index contributed by atoms with van der Waals surface area (Å²) < 4.78 is 0. The van der Waals surface area contributed by atoms with E-state index in [1.54, 1.807) is 4.90 Å². The molecule has 0 aromatic heterocycles. The lowest BCUT2D eigenvalue weighted by Gasteiger charge is -2.35. The van der Waals surface area contributed by atoms with Crippen molar-refractivity contribution in [3.8, 4) is 0 Å². The quantitative estimate of drug-likeness (QED) is 0.667. The monoisotopic (exact) mass is 284 g/mol. The highest BCUT2D eigenvalue weighted by molar-refractivity contribution is 5.86. The van der Waals surface area contributed by atoms with E-state index in [1.165, 1.54) is 0 Å². The molecule has 20 heavy (non-hydrogen) atoms. The fourth-order valence-corrected chi connectivity index (χ4v) is 3.08. The zero-order valence-corrected chi connectivity index (χ0v) is 11.8. The number of aliphatic hydroxyl groups excluding tert-OH is 1. The van der Waals surface area contributed by atoms with Gasteiger partial charge in [-0.1, -0.05) is 25.7 Å². The largest absolute Gasteiger partial charge is 0.480 e. The summed E-state index contributed by atoms with van der Waals surface area (Å²) in [5.41, 5.74) is -1.11. The number of carbonyl (C=O) groups is 2. The summed E-state index contributed by atoms with van der Waals surface area (Å²) in [6.07, 6.45) is 5.53. The minimum Gasteiger partial charge on any atom is -0.480 e. The molecule has 1 saturated carbocycles. The number of piperidine rings is 1. The molecule has 2 amide bonds. The fraction of sp³-hybridized carbons (Fsp3) is 0.857. The van der Waals surface area contributed by atoms with Gasteiger partial charge in [0.25, 0.3) is 0 Å². The highest BCUT2D eigenvalue weighted by Gasteiger charge is 2.41. The van der Waals surface area contributed by atoms with Crippen LogP contribution in [0.2, 0.25) is 0 Å². The molecule has 1 saturated heterocycles. The predicted octanol–water partition coefficient (Wildman–Crippen LogP) is 1.33. The molecule has 0 aromatic carbocycles. The number of aliphatic carboxylic acids is 1. The molecule has 114 valence electrons. The van der Waals surface area contributed by atoms with Gasteiger partial charge in [0.05, 0.1) is 6.10 Å². The van der Waals surface area contributed by atoms with E-state index in [4.69, 9.17) is 0 Å². The Morgan fingerprint density at radius 1 is 1.05 bits per heavy atom. The summed E-state index contributed by atoms with van der Waals surface area (Å²) in [5.74, 6) is -0.926. The number of urea groups is 1. The molecule has 2 aliphatic rings. The number of hydrogen-bond acceptors (Lipinski definition) is 3. The molecule has 1 aliphatic heterocycles. The number of nitrogens with one attached hydrogen (secondary N) is 1. The maximum absolute atomic E-state index is 12.3. The van der Waals surface area contributed by atoms with Crippen LogP contribution in [0.5, 0.6) is 0 Å². The number of carboxylic acids is 1. The number of amides is 2. The Kier molecular flexibility index (Phi) is 4.86. The third-order valence-electron chi connectivity index (χ3n) is 4.46. The van der Waals surface area contributed by atoms with Crippen LogP contribution >= 0.6 is 0 Å². The first-order valence-corrected chi connectivity index (χ1v) is 7.52. The van der Waals surface area contributed by atoms with E-state index in [9.17, 15) is 19.8 Å². The lowest BCUT2D eigenvalue weighted by molar-refractivity contribution is -0.145. The summed E-state index contributed by atoms with van der Waals surface area (Å²) in [4.78, 5) is 25.5. The molecule has 6 heteroatoms. The summed E-state index contributed by atoms with van der Waals surface area (Å²) in [6.45, 7) is 0.978. The van der Waals surface area contributed by atoms with E-state index in [2.05, 4.69) is 5.32 Å². The molecule has 1 heterocycles.